The van der Waals surface area contributed by atoms with Crippen molar-refractivity contribution < 1.29 is 5.11 Å². The van der Waals surface area contributed by atoms with Crippen molar-refractivity contribution in [2.75, 3.05) is 20.2 Å². The minimum Gasteiger partial charge on any atom is -0.396 e. The summed E-state index contributed by atoms with van der Waals surface area (Å²) < 4.78 is 0. The Kier molecular flexibility index (Phi) is 3.77. The van der Waals surface area contributed by atoms with E-state index in [0.29, 0.717) is 0 Å². The lowest BCUT2D eigenvalue weighted by molar-refractivity contribution is 0.192. The maximum Gasteiger partial charge on any atom is 0.0469 e. The summed E-state index contributed by atoms with van der Waals surface area (Å²) in [5.41, 5.74) is 0. The molecule has 3 heteroatoms. The summed E-state index contributed by atoms with van der Waals surface area (Å²) in [7, 11) is 1.78. The molecule has 8 heavy (non-hydrogen) atoms. The van der Waals surface area contributed by atoms with E-state index in [1.807, 2.05) is 6.92 Å². The average Bonchev–Trinajstić information content (AvgIpc) is 1.65. The molecule has 0 aliphatic carbocycles. The molecule has 0 aliphatic rings. The molecule has 3 N–H and O–H groups in total. The summed E-state index contributed by atoms with van der Waals surface area (Å²) in [6.07, 6.45) is 0. The molecule has 0 aromatic carbocycles. The van der Waals surface area contributed by atoms with E-state index in [-0.39, 0.29) is 12.5 Å². The summed E-state index contributed by atoms with van der Waals surface area (Å²) in [6.45, 7) is 2.90. The number of nitrogens with zero attached hydrogens (tertiary/aromatic N) is 1. The molecule has 0 saturated carbocycles. The van der Waals surface area contributed by atoms with E-state index in [2.05, 4.69) is 0 Å². The normalized spacial score (nSPS) is 14.6. The quantitative estimate of drug-likeness (QED) is 0.385. The summed E-state index contributed by atoms with van der Waals surface area (Å²) >= 11 is 0. The van der Waals surface area contributed by atoms with E-state index in [9.17, 15) is 0 Å². The van der Waals surface area contributed by atoms with Crippen molar-refractivity contribution in [3.63, 3.8) is 0 Å². The van der Waals surface area contributed by atoms with Crippen LogP contribution in [-0.2, 0) is 0 Å². The van der Waals surface area contributed by atoms with E-state index in [0.717, 1.165) is 6.54 Å². The predicted molar refractivity (Wildman–Crippen MR) is 33.1 cm³/mol. The van der Waals surface area contributed by atoms with Gasteiger partial charge in [-0.1, -0.05) is 6.92 Å². The lowest BCUT2D eigenvalue weighted by atomic mass is 10.2. The largest absolute Gasteiger partial charge is 0.396 e. The fourth-order valence-electron chi connectivity index (χ4n) is 0.549. The van der Waals surface area contributed by atoms with Gasteiger partial charge in [0.05, 0.1) is 0 Å². The number of nitrogens with two attached hydrogens (primary N) is 1. The van der Waals surface area contributed by atoms with Crippen LogP contribution in [0.1, 0.15) is 6.92 Å². The van der Waals surface area contributed by atoms with Crippen molar-refractivity contribution in [1.29, 1.82) is 0 Å². The molecule has 3 nitrogen and oxygen atoms in total. The molecule has 0 bridgehead atoms. The first-order valence-corrected chi connectivity index (χ1v) is 2.73. The molecule has 1 unspecified atom stereocenters. The first-order chi connectivity index (χ1) is 3.66. The summed E-state index contributed by atoms with van der Waals surface area (Å²) in [4.78, 5) is 0. The minimum atomic E-state index is 0.210. The second-order valence-electron chi connectivity index (χ2n) is 2.23. The third-order valence-electron chi connectivity index (χ3n) is 0.911. The monoisotopic (exact) mass is 118 g/mol. The van der Waals surface area contributed by atoms with Crippen LogP contribution < -0.4 is 5.84 Å². The van der Waals surface area contributed by atoms with Gasteiger partial charge in [0.2, 0.25) is 0 Å². The third kappa shape index (κ3) is 4.05. The standard InChI is InChI=1S/C5H14N2O/c1-5(4-8)3-7(2)6/h5,8H,3-4,6H2,1-2H3. The Morgan fingerprint density at radius 2 is 2.25 bits per heavy atom. The lowest BCUT2D eigenvalue weighted by Crippen LogP contribution is -2.31. The molecular formula is C5H14N2O. The van der Waals surface area contributed by atoms with Crippen LogP contribution in [0.4, 0.5) is 0 Å². The van der Waals surface area contributed by atoms with Crippen LogP contribution in [0, 0.1) is 5.92 Å². The third-order valence-corrected chi connectivity index (χ3v) is 0.911. The van der Waals surface area contributed by atoms with Crippen LogP contribution in [-0.4, -0.2) is 30.3 Å². The SMILES string of the molecule is CC(CO)CN(C)N. The number of rotatable bonds is 3. The van der Waals surface area contributed by atoms with Gasteiger partial charge in [0.1, 0.15) is 0 Å². The van der Waals surface area contributed by atoms with E-state index in [1.54, 1.807) is 12.1 Å². The Labute approximate surface area is 50.1 Å². The Balaban J connectivity index is 3.10. The molecule has 50 valence electrons. The zero-order valence-electron chi connectivity index (χ0n) is 5.46. The number of aliphatic hydroxyl groups excluding tert-OH is 1. The first-order valence-electron chi connectivity index (χ1n) is 2.73. The van der Waals surface area contributed by atoms with Crippen molar-refractivity contribution >= 4 is 0 Å². The summed E-state index contributed by atoms with van der Waals surface area (Å²) in [5.74, 6) is 5.57. The van der Waals surface area contributed by atoms with Crippen LogP contribution >= 0.6 is 0 Å². The molecule has 1 atom stereocenters. The van der Waals surface area contributed by atoms with E-state index in [1.165, 1.54) is 0 Å². The number of hydrogen-bond acceptors (Lipinski definition) is 3. The average molecular weight is 118 g/mol. The highest BCUT2D eigenvalue weighted by Crippen LogP contribution is 1.90. The number of hydrazine groups is 1. The van der Waals surface area contributed by atoms with E-state index >= 15 is 0 Å². The topological polar surface area (TPSA) is 49.5 Å². The fourth-order valence-corrected chi connectivity index (χ4v) is 0.549. The second-order valence-corrected chi connectivity index (χ2v) is 2.23. The Hall–Kier alpha value is -0.120. The van der Waals surface area contributed by atoms with Gasteiger partial charge in [-0.15, -0.1) is 0 Å². The Morgan fingerprint density at radius 1 is 1.75 bits per heavy atom. The molecule has 0 spiro atoms. The number of aliphatic hydroxyl groups is 1. The van der Waals surface area contributed by atoms with Gasteiger partial charge >= 0.3 is 0 Å². The van der Waals surface area contributed by atoms with E-state index in [4.69, 9.17) is 10.9 Å². The van der Waals surface area contributed by atoms with Crippen LogP contribution in [0.3, 0.4) is 0 Å². The van der Waals surface area contributed by atoms with Gasteiger partial charge in [-0.3, -0.25) is 5.84 Å². The fraction of sp³-hybridized carbons (Fsp3) is 1.00. The molecule has 0 amide bonds. The van der Waals surface area contributed by atoms with Gasteiger partial charge in [0, 0.05) is 20.2 Å². The first kappa shape index (κ1) is 7.88. The lowest BCUT2D eigenvalue weighted by Gasteiger charge is -2.13. The van der Waals surface area contributed by atoms with Gasteiger partial charge in [-0.2, -0.15) is 0 Å². The molecule has 0 saturated heterocycles. The molecule has 0 aromatic heterocycles. The molecule has 0 rings (SSSR count). The molecule has 0 aromatic rings. The van der Waals surface area contributed by atoms with Crippen molar-refractivity contribution in [3.8, 4) is 0 Å². The highest BCUT2D eigenvalue weighted by molar-refractivity contribution is 4.50. The van der Waals surface area contributed by atoms with Gasteiger partial charge < -0.3 is 5.11 Å². The summed E-state index contributed by atoms with van der Waals surface area (Å²) in [5, 5.41) is 10.1. The van der Waals surface area contributed by atoms with Crippen molar-refractivity contribution in [3.05, 3.63) is 0 Å². The van der Waals surface area contributed by atoms with Crippen LogP contribution in [0.5, 0.6) is 0 Å². The van der Waals surface area contributed by atoms with Crippen LogP contribution in [0.2, 0.25) is 0 Å². The maximum absolute atomic E-state index is 8.50. The number of hydrogen-bond donors (Lipinski definition) is 2. The molecule has 0 aliphatic heterocycles. The summed E-state index contributed by atoms with van der Waals surface area (Å²) in [6, 6.07) is 0. The van der Waals surface area contributed by atoms with E-state index < -0.39 is 0 Å². The Bertz CT molecular complexity index is 56.4. The van der Waals surface area contributed by atoms with Crippen molar-refractivity contribution in [1.82, 2.24) is 5.01 Å². The smallest absolute Gasteiger partial charge is 0.0469 e. The molecule has 0 radical (unpaired) electrons. The molecule has 0 heterocycles. The van der Waals surface area contributed by atoms with Gasteiger partial charge in [-0.05, 0) is 5.92 Å². The van der Waals surface area contributed by atoms with Crippen LogP contribution in [0.25, 0.3) is 0 Å². The highest BCUT2D eigenvalue weighted by atomic mass is 16.3. The minimum absolute atomic E-state index is 0.210. The van der Waals surface area contributed by atoms with Gasteiger partial charge in [0.25, 0.3) is 0 Å². The zero-order chi connectivity index (χ0) is 6.57. The van der Waals surface area contributed by atoms with Crippen LogP contribution in [0.15, 0.2) is 0 Å². The Morgan fingerprint density at radius 3 is 2.38 bits per heavy atom. The van der Waals surface area contributed by atoms with Crippen molar-refractivity contribution in [2.45, 2.75) is 6.92 Å². The second kappa shape index (κ2) is 3.83. The van der Waals surface area contributed by atoms with Gasteiger partial charge in [0.15, 0.2) is 0 Å². The maximum atomic E-state index is 8.50. The van der Waals surface area contributed by atoms with Crippen molar-refractivity contribution in [2.24, 2.45) is 11.8 Å². The molecular weight excluding hydrogens is 104 g/mol. The predicted octanol–water partition coefficient (Wildman–Crippen LogP) is -0.580. The highest BCUT2D eigenvalue weighted by Gasteiger charge is 1.99. The zero-order valence-corrected chi connectivity index (χ0v) is 5.46. The van der Waals surface area contributed by atoms with Gasteiger partial charge in [-0.25, -0.2) is 5.01 Å². The molecule has 0 fully saturated rings.